The fourth-order valence-corrected chi connectivity index (χ4v) is 3.57. The molecule has 2 aromatic rings. The van der Waals surface area contributed by atoms with Crippen molar-refractivity contribution >= 4 is 6.03 Å². The van der Waals surface area contributed by atoms with Crippen molar-refractivity contribution in [3.63, 3.8) is 0 Å². The van der Waals surface area contributed by atoms with Crippen LogP contribution in [0.4, 0.5) is 9.18 Å². The van der Waals surface area contributed by atoms with Gasteiger partial charge in [-0.3, -0.25) is 0 Å². The van der Waals surface area contributed by atoms with E-state index in [1.807, 2.05) is 4.90 Å². The molecule has 0 aliphatic carbocycles. The van der Waals surface area contributed by atoms with E-state index in [0.29, 0.717) is 26.1 Å². The largest absolute Gasteiger partial charge is 0.385 e. The number of carbonyl (C=O) groups excluding carboxylic acids is 1. The number of carbonyl (C=O) groups is 1. The molecule has 0 fully saturated rings. The van der Waals surface area contributed by atoms with E-state index in [2.05, 4.69) is 20.1 Å². The molecule has 3 rings (SSSR count). The summed E-state index contributed by atoms with van der Waals surface area (Å²) in [4.78, 5) is 14.4. The summed E-state index contributed by atoms with van der Waals surface area (Å²) in [5.74, 6) is 1.36. The number of hydrogen-bond acceptors (Lipinski definition) is 4. The van der Waals surface area contributed by atoms with E-state index >= 15 is 0 Å². The quantitative estimate of drug-likeness (QED) is 0.778. The Kier molecular flexibility index (Phi) is 7.98. The number of benzene rings is 1. The molecule has 2 heterocycles. The lowest BCUT2D eigenvalue weighted by Gasteiger charge is -2.23. The zero-order valence-electron chi connectivity index (χ0n) is 17.1. The lowest BCUT2D eigenvalue weighted by Crippen LogP contribution is -2.42. The lowest BCUT2D eigenvalue weighted by molar-refractivity contribution is 0.184. The highest BCUT2D eigenvalue weighted by Gasteiger charge is 2.18. The summed E-state index contributed by atoms with van der Waals surface area (Å²) >= 11 is 0. The molecule has 1 N–H and O–H groups in total. The maximum absolute atomic E-state index is 13.3. The van der Waals surface area contributed by atoms with Crippen LogP contribution in [0.3, 0.4) is 0 Å². The monoisotopic (exact) mass is 403 g/mol. The van der Waals surface area contributed by atoms with Crippen LogP contribution in [0, 0.1) is 5.82 Å². The number of rotatable bonds is 5. The number of amides is 2. The molecular weight excluding hydrogens is 373 g/mol. The van der Waals surface area contributed by atoms with Crippen molar-refractivity contribution in [3.05, 3.63) is 35.9 Å². The van der Waals surface area contributed by atoms with Gasteiger partial charge in [-0.2, -0.15) is 0 Å². The smallest absolute Gasteiger partial charge is 0.317 e. The van der Waals surface area contributed by atoms with Crippen LogP contribution in [0.1, 0.15) is 37.9 Å². The van der Waals surface area contributed by atoms with Gasteiger partial charge in [-0.15, -0.1) is 10.2 Å². The first-order chi connectivity index (χ1) is 14.2. The van der Waals surface area contributed by atoms with E-state index < -0.39 is 0 Å². The first kappa shape index (κ1) is 21.2. The fourth-order valence-electron chi connectivity index (χ4n) is 3.57. The van der Waals surface area contributed by atoms with Crippen molar-refractivity contribution in [2.45, 2.75) is 45.1 Å². The van der Waals surface area contributed by atoms with Crippen molar-refractivity contribution in [2.24, 2.45) is 0 Å². The summed E-state index contributed by atoms with van der Waals surface area (Å²) in [6.45, 7) is 3.41. The van der Waals surface area contributed by atoms with Gasteiger partial charge in [-0.25, -0.2) is 9.18 Å². The minimum Gasteiger partial charge on any atom is -0.385 e. The highest BCUT2D eigenvalue weighted by atomic mass is 19.1. The Balaban J connectivity index is 1.71. The number of fused-ring (bicyclic) bond motifs is 1. The number of nitrogens with zero attached hydrogens (tertiary/aromatic N) is 4. The molecule has 1 aromatic heterocycles. The van der Waals surface area contributed by atoms with Crippen molar-refractivity contribution in [1.82, 2.24) is 25.0 Å². The summed E-state index contributed by atoms with van der Waals surface area (Å²) in [6, 6.07) is 6.31. The van der Waals surface area contributed by atoms with Crippen molar-refractivity contribution in [2.75, 3.05) is 33.4 Å². The minimum atomic E-state index is -0.266. The number of ether oxygens (including phenoxy) is 1. The van der Waals surface area contributed by atoms with Gasteiger partial charge in [0.05, 0.1) is 0 Å². The Morgan fingerprint density at radius 3 is 2.62 bits per heavy atom. The molecule has 0 bridgehead atoms. The molecular formula is C21H30FN5O2. The van der Waals surface area contributed by atoms with Gasteiger partial charge in [0.1, 0.15) is 11.6 Å². The number of aromatic nitrogens is 3. The van der Waals surface area contributed by atoms with Crippen molar-refractivity contribution in [3.8, 4) is 11.4 Å². The molecule has 1 aliphatic heterocycles. The van der Waals surface area contributed by atoms with Crippen LogP contribution < -0.4 is 5.32 Å². The van der Waals surface area contributed by atoms with Crippen LogP contribution in [-0.2, 0) is 17.7 Å². The Bertz CT molecular complexity index is 778. The molecule has 0 saturated carbocycles. The van der Waals surface area contributed by atoms with Gasteiger partial charge in [-0.05, 0) is 43.5 Å². The molecule has 1 aromatic carbocycles. The van der Waals surface area contributed by atoms with Gasteiger partial charge < -0.3 is 19.5 Å². The number of hydrogen-bond donors (Lipinski definition) is 1. The summed E-state index contributed by atoms with van der Waals surface area (Å²) in [6.07, 6.45) is 5.63. The summed E-state index contributed by atoms with van der Waals surface area (Å²) < 4.78 is 20.4. The Labute approximate surface area is 171 Å². The molecule has 158 valence electrons. The van der Waals surface area contributed by atoms with Crippen molar-refractivity contribution in [1.29, 1.82) is 0 Å². The predicted molar refractivity (Wildman–Crippen MR) is 109 cm³/mol. The van der Waals surface area contributed by atoms with Gasteiger partial charge >= 0.3 is 6.03 Å². The molecule has 0 saturated heterocycles. The predicted octanol–water partition coefficient (Wildman–Crippen LogP) is 3.25. The molecule has 1 aliphatic rings. The normalized spacial score (nSPS) is 15.4. The number of nitrogens with one attached hydrogen (secondary N) is 1. The van der Waals surface area contributed by atoms with Crippen LogP contribution in [0.15, 0.2) is 24.3 Å². The first-order valence-electron chi connectivity index (χ1n) is 10.4. The van der Waals surface area contributed by atoms with Crippen LogP contribution in [-0.4, -0.2) is 59.0 Å². The topological polar surface area (TPSA) is 72.3 Å². The average Bonchev–Trinajstić information content (AvgIpc) is 3.11. The fraction of sp³-hybridized carbons (Fsp3) is 0.571. The Morgan fingerprint density at radius 1 is 1.10 bits per heavy atom. The van der Waals surface area contributed by atoms with E-state index in [4.69, 9.17) is 4.74 Å². The highest BCUT2D eigenvalue weighted by molar-refractivity contribution is 5.74. The van der Waals surface area contributed by atoms with Gasteiger partial charge in [0, 0.05) is 51.9 Å². The average molecular weight is 404 g/mol. The number of methoxy groups -OCH3 is 1. The second-order valence-corrected chi connectivity index (χ2v) is 7.33. The van der Waals surface area contributed by atoms with E-state index in [1.54, 1.807) is 19.2 Å². The minimum absolute atomic E-state index is 0.0369. The number of halogens is 1. The maximum atomic E-state index is 13.3. The van der Waals surface area contributed by atoms with Crippen LogP contribution in [0.5, 0.6) is 0 Å². The summed E-state index contributed by atoms with van der Waals surface area (Å²) in [5.41, 5.74) is 0.854. The molecule has 0 spiro atoms. The Hall–Kier alpha value is -2.48. The van der Waals surface area contributed by atoms with Crippen LogP contribution >= 0.6 is 0 Å². The molecule has 0 atom stereocenters. The molecule has 0 radical (unpaired) electrons. The van der Waals surface area contributed by atoms with E-state index in [9.17, 15) is 9.18 Å². The first-order valence-corrected chi connectivity index (χ1v) is 10.4. The van der Waals surface area contributed by atoms with Gasteiger partial charge in [0.2, 0.25) is 0 Å². The zero-order valence-corrected chi connectivity index (χ0v) is 17.1. The SMILES string of the molecule is COCCCNC(=O)N1CCCCCCn2c(nnc2-c2ccc(F)cc2)CC1. The van der Waals surface area contributed by atoms with Gasteiger partial charge in [0.15, 0.2) is 5.82 Å². The zero-order chi connectivity index (χ0) is 20.5. The van der Waals surface area contributed by atoms with Gasteiger partial charge in [0.25, 0.3) is 0 Å². The highest BCUT2D eigenvalue weighted by Crippen LogP contribution is 2.21. The number of urea groups is 1. The Morgan fingerprint density at radius 2 is 1.86 bits per heavy atom. The third kappa shape index (κ3) is 6.00. The molecule has 0 unspecified atom stereocenters. The summed E-state index contributed by atoms with van der Waals surface area (Å²) in [5, 5.41) is 11.7. The van der Waals surface area contributed by atoms with Crippen molar-refractivity contribution < 1.29 is 13.9 Å². The standard InChI is InChI=1S/C21H30FN5O2/c1-29-16-6-12-23-21(28)26-13-4-2-3-5-14-27-19(11-15-26)24-25-20(27)17-7-9-18(22)10-8-17/h7-10H,2-6,11-16H2,1H3,(H,23,28). The lowest BCUT2D eigenvalue weighted by atomic mass is 10.1. The van der Waals surface area contributed by atoms with E-state index in [1.165, 1.54) is 12.1 Å². The second kappa shape index (κ2) is 10.9. The van der Waals surface area contributed by atoms with Gasteiger partial charge in [-0.1, -0.05) is 12.8 Å². The van der Waals surface area contributed by atoms with E-state index in [0.717, 1.165) is 62.4 Å². The van der Waals surface area contributed by atoms with Crippen LogP contribution in [0.2, 0.25) is 0 Å². The second-order valence-electron chi connectivity index (χ2n) is 7.33. The molecule has 2 amide bonds. The third-order valence-corrected chi connectivity index (χ3v) is 5.18. The maximum Gasteiger partial charge on any atom is 0.317 e. The van der Waals surface area contributed by atoms with E-state index in [-0.39, 0.29) is 11.8 Å². The van der Waals surface area contributed by atoms with Crippen LogP contribution in [0.25, 0.3) is 11.4 Å². The summed E-state index contributed by atoms with van der Waals surface area (Å²) in [7, 11) is 1.66. The molecule has 8 heteroatoms. The molecule has 7 nitrogen and oxygen atoms in total. The molecule has 29 heavy (non-hydrogen) atoms. The third-order valence-electron chi connectivity index (χ3n) is 5.18.